The zero-order chi connectivity index (χ0) is 13.1. The van der Waals surface area contributed by atoms with Crippen molar-refractivity contribution in [1.82, 2.24) is 9.97 Å². The summed E-state index contributed by atoms with van der Waals surface area (Å²) in [6.07, 6.45) is 2.02. The summed E-state index contributed by atoms with van der Waals surface area (Å²) in [5, 5.41) is 4.16. The second kappa shape index (κ2) is 5.39. The number of ether oxygens (including phenoxy) is 2. The molecule has 96 valence electrons. The highest BCUT2D eigenvalue weighted by Gasteiger charge is 2.29. The van der Waals surface area contributed by atoms with Crippen molar-refractivity contribution >= 4 is 10.0 Å². The van der Waals surface area contributed by atoms with Crippen LogP contribution in [0.1, 0.15) is 18.7 Å². The average molecular weight is 261 g/mol. The number of hydrogen-bond acceptors (Lipinski definition) is 6. The lowest BCUT2D eigenvalue weighted by Crippen LogP contribution is -2.32. The van der Waals surface area contributed by atoms with E-state index in [4.69, 9.17) is 14.6 Å². The van der Waals surface area contributed by atoms with E-state index in [9.17, 15) is 8.42 Å². The quantitative estimate of drug-likeness (QED) is 0.790. The van der Waals surface area contributed by atoms with Crippen LogP contribution in [0.2, 0.25) is 0 Å². The molecule has 0 bridgehead atoms. The molecule has 0 fully saturated rings. The Labute approximate surface area is 100 Å². The summed E-state index contributed by atoms with van der Waals surface area (Å²) in [5.74, 6) is 0.340. The van der Waals surface area contributed by atoms with E-state index in [2.05, 4.69) is 9.97 Å². The maximum absolute atomic E-state index is 11.3. The molecule has 0 amide bonds. The van der Waals surface area contributed by atoms with E-state index in [1.807, 2.05) is 0 Å². The van der Waals surface area contributed by atoms with E-state index in [-0.39, 0.29) is 0 Å². The third kappa shape index (κ3) is 3.35. The van der Waals surface area contributed by atoms with Crippen LogP contribution < -0.4 is 9.88 Å². The van der Waals surface area contributed by atoms with Crippen LogP contribution in [-0.2, 0) is 14.8 Å². The zero-order valence-electron chi connectivity index (χ0n) is 9.82. The Morgan fingerprint density at radius 3 is 2.29 bits per heavy atom. The summed E-state index contributed by atoms with van der Waals surface area (Å²) in [6.45, 7) is 1.45. The molecule has 1 heterocycles. The van der Waals surface area contributed by atoms with Crippen LogP contribution in [-0.4, -0.2) is 37.9 Å². The van der Waals surface area contributed by atoms with Crippen molar-refractivity contribution < 1.29 is 17.9 Å². The molecule has 0 spiro atoms. The lowest BCUT2D eigenvalue weighted by molar-refractivity contribution is 0.0982. The highest BCUT2D eigenvalue weighted by Crippen LogP contribution is 2.22. The van der Waals surface area contributed by atoms with Crippen LogP contribution in [0, 0.1) is 0 Å². The van der Waals surface area contributed by atoms with Gasteiger partial charge in [-0.1, -0.05) is 0 Å². The van der Waals surface area contributed by atoms with Gasteiger partial charge in [-0.3, -0.25) is 4.98 Å². The zero-order valence-corrected chi connectivity index (χ0v) is 10.6. The molecular weight excluding hydrogens is 246 g/mol. The first-order chi connectivity index (χ1) is 7.90. The minimum atomic E-state index is -3.70. The minimum Gasteiger partial charge on any atom is -0.480 e. The number of aromatic nitrogens is 2. The monoisotopic (exact) mass is 261 g/mol. The lowest BCUT2D eigenvalue weighted by atomic mass is 10.2. The van der Waals surface area contributed by atoms with Crippen molar-refractivity contribution in [2.24, 2.45) is 5.14 Å². The van der Waals surface area contributed by atoms with Crippen molar-refractivity contribution in [2.45, 2.75) is 18.3 Å². The van der Waals surface area contributed by atoms with Gasteiger partial charge in [-0.15, -0.1) is 0 Å². The molecule has 8 heteroatoms. The van der Waals surface area contributed by atoms with Gasteiger partial charge in [-0.2, -0.15) is 0 Å². The number of methoxy groups -OCH3 is 2. The van der Waals surface area contributed by atoms with Crippen LogP contribution in [0.25, 0.3) is 0 Å². The summed E-state index contributed by atoms with van der Waals surface area (Å²) in [4.78, 5) is 7.95. The molecule has 1 aromatic heterocycles. The number of sulfonamides is 1. The Bertz CT molecular complexity index is 460. The number of hydrogen-bond donors (Lipinski definition) is 1. The third-order valence-electron chi connectivity index (χ3n) is 2.35. The molecule has 0 aliphatic carbocycles. The van der Waals surface area contributed by atoms with Crippen molar-refractivity contribution in [3.05, 3.63) is 18.1 Å². The van der Waals surface area contributed by atoms with E-state index in [0.717, 1.165) is 0 Å². The fourth-order valence-corrected chi connectivity index (χ4v) is 1.90. The Morgan fingerprint density at radius 1 is 1.29 bits per heavy atom. The molecule has 2 unspecified atom stereocenters. The van der Waals surface area contributed by atoms with Gasteiger partial charge < -0.3 is 9.47 Å². The van der Waals surface area contributed by atoms with Crippen LogP contribution >= 0.6 is 0 Å². The van der Waals surface area contributed by atoms with Crippen LogP contribution in [0.4, 0.5) is 0 Å². The first-order valence-corrected chi connectivity index (χ1v) is 6.41. The van der Waals surface area contributed by atoms with Gasteiger partial charge >= 0.3 is 0 Å². The molecule has 0 aromatic carbocycles. The molecule has 2 N–H and O–H groups in total. The molecule has 7 nitrogen and oxygen atoms in total. The van der Waals surface area contributed by atoms with Gasteiger partial charge in [0.25, 0.3) is 0 Å². The molecular formula is C9H15N3O4S. The summed E-state index contributed by atoms with van der Waals surface area (Å²) in [6, 6.07) is 0. The maximum atomic E-state index is 11.3. The molecule has 17 heavy (non-hydrogen) atoms. The molecule has 1 aromatic rings. The van der Waals surface area contributed by atoms with E-state index < -0.39 is 21.4 Å². The van der Waals surface area contributed by atoms with E-state index in [1.165, 1.54) is 33.5 Å². The fraction of sp³-hybridized carbons (Fsp3) is 0.556. The Hall–Kier alpha value is -1.25. The molecule has 0 radical (unpaired) electrons. The Balaban J connectivity index is 3.01. The second-order valence-corrected chi connectivity index (χ2v) is 5.36. The average Bonchev–Trinajstić information content (AvgIpc) is 2.29. The molecule has 0 saturated carbocycles. The van der Waals surface area contributed by atoms with Crippen molar-refractivity contribution in [3.8, 4) is 5.88 Å². The smallest absolute Gasteiger partial charge is 0.231 e. The van der Waals surface area contributed by atoms with Gasteiger partial charge in [-0.25, -0.2) is 18.5 Å². The Morgan fingerprint density at radius 2 is 1.94 bits per heavy atom. The lowest BCUT2D eigenvalue weighted by Gasteiger charge is -2.19. The largest absolute Gasteiger partial charge is 0.480 e. The molecule has 1 rings (SSSR count). The first kappa shape index (κ1) is 13.8. The summed E-state index contributed by atoms with van der Waals surface area (Å²) in [7, 11) is -0.852. The highest BCUT2D eigenvalue weighted by molar-refractivity contribution is 7.89. The maximum Gasteiger partial charge on any atom is 0.231 e. The summed E-state index contributed by atoms with van der Waals surface area (Å²) < 4.78 is 32.5. The van der Waals surface area contributed by atoms with Crippen molar-refractivity contribution in [2.75, 3.05) is 14.2 Å². The Kier molecular flexibility index (Phi) is 4.38. The van der Waals surface area contributed by atoms with Gasteiger partial charge in [0.1, 0.15) is 11.4 Å². The predicted molar refractivity (Wildman–Crippen MR) is 60.9 cm³/mol. The van der Waals surface area contributed by atoms with E-state index in [1.54, 1.807) is 0 Å². The standard InChI is InChI=1S/C9H15N3O4S/c1-6(17(10,13)14)9(16-3)7-4-12-8(15-2)5-11-7/h4-6,9H,1-3H3,(H2,10,13,14). The van der Waals surface area contributed by atoms with Gasteiger partial charge in [0.05, 0.1) is 25.2 Å². The number of primary sulfonamides is 1. The third-order valence-corrected chi connectivity index (χ3v) is 3.63. The number of rotatable bonds is 5. The van der Waals surface area contributed by atoms with E-state index in [0.29, 0.717) is 11.6 Å². The minimum absolute atomic E-state index is 0.340. The fourth-order valence-electron chi connectivity index (χ4n) is 1.30. The van der Waals surface area contributed by atoms with Crippen molar-refractivity contribution in [1.29, 1.82) is 0 Å². The first-order valence-electron chi connectivity index (χ1n) is 4.80. The topological polar surface area (TPSA) is 104 Å². The van der Waals surface area contributed by atoms with Gasteiger partial charge in [0, 0.05) is 7.11 Å². The normalized spacial score (nSPS) is 15.3. The molecule has 0 aliphatic rings. The van der Waals surface area contributed by atoms with Crippen LogP contribution in [0.5, 0.6) is 5.88 Å². The van der Waals surface area contributed by atoms with Crippen molar-refractivity contribution in [3.63, 3.8) is 0 Å². The SMILES string of the molecule is COc1cnc(C(OC)C(C)S(N)(=O)=O)cn1. The molecule has 2 atom stereocenters. The summed E-state index contributed by atoms with van der Waals surface area (Å²) in [5.41, 5.74) is 0.384. The highest BCUT2D eigenvalue weighted by atomic mass is 32.2. The number of nitrogens with zero attached hydrogens (tertiary/aromatic N) is 2. The van der Waals surface area contributed by atoms with Crippen LogP contribution in [0.3, 0.4) is 0 Å². The van der Waals surface area contributed by atoms with Gasteiger partial charge in [0.15, 0.2) is 0 Å². The van der Waals surface area contributed by atoms with Crippen LogP contribution in [0.15, 0.2) is 12.4 Å². The summed E-state index contributed by atoms with van der Waals surface area (Å²) >= 11 is 0. The number of nitrogens with two attached hydrogens (primary N) is 1. The molecule has 0 aliphatic heterocycles. The van der Waals surface area contributed by atoms with Gasteiger partial charge in [-0.05, 0) is 6.92 Å². The second-order valence-electron chi connectivity index (χ2n) is 3.43. The van der Waals surface area contributed by atoms with Gasteiger partial charge in [0.2, 0.25) is 15.9 Å². The van der Waals surface area contributed by atoms with E-state index >= 15 is 0 Å². The predicted octanol–water partition coefficient (Wildman–Crippen LogP) is -0.150. The molecule has 0 saturated heterocycles.